The van der Waals surface area contributed by atoms with Gasteiger partial charge in [-0.2, -0.15) is 0 Å². The molecule has 0 radical (unpaired) electrons. The summed E-state index contributed by atoms with van der Waals surface area (Å²) in [5, 5.41) is 16.4. The number of fused-ring (bicyclic) bond motifs is 1. The minimum absolute atomic E-state index is 0.0323. The van der Waals surface area contributed by atoms with E-state index in [1.807, 2.05) is 0 Å². The maximum atomic E-state index is 11.0. The number of nitrogens with zero attached hydrogens (tertiary/aromatic N) is 7. The minimum atomic E-state index is -0.612. The van der Waals surface area contributed by atoms with Gasteiger partial charge in [-0.3, -0.25) is 20.0 Å². The summed E-state index contributed by atoms with van der Waals surface area (Å²) < 4.78 is 0. The zero-order valence-electron chi connectivity index (χ0n) is 12.7. The van der Waals surface area contributed by atoms with E-state index in [0.717, 1.165) is 0 Å². The second-order valence-corrected chi connectivity index (χ2v) is 5.07. The number of oxime groups is 1. The zero-order chi connectivity index (χ0) is 17.2. The van der Waals surface area contributed by atoms with Crippen LogP contribution in [-0.4, -0.2) is 38.1 Å². The first-order valence-corrected chi connectivity index (χ1v) is 7.28. The van der Waals surface area contributed by atoms with Crippen LogP contribution in [0.4, 0.5) is 11.6 Å². The highest BCUT2D eigenvalue weighted by Gasteiger charge is 2.36. The van der Waals surface area contributed by atoms with E-state index >= 15 is 0 Å². The molecule has 4 rings (SSSR count). The summed E-state index contributed by atoms with van der Waals surface area (Å²) >= 11 is 0. The van der Waals surface area contributed by atoms with Gasteiger partial charge in [0.15, 0.2) is 5.84 Å². The number of amidine groups is 1. The molecule has 0 fully saturated rings. The van der Waals surface area contributed by atoms with Crippen molar-refractivity contribution in [1.82, 2.24) is 14.9 Å². The van der Waals surface area contributed by atoms with Crippen LogP contribution in [0.25, 0.3) is 0 Å². The molecular weight excluding hydrogens is 326 g/mol. The number of hydrogen-bond donors (Lipinski definition) is 0. The smallest absolute Gasteiger partial charge is 0.270 e. The van der Waals surface area contributed by atoms with Crippen LogP contribution in [0.1, 0.15) is 5.56 Å². The van der Waals surface area contributed by atoms with Crippen molar-refractivity contribution in [3.63, 3.8) is 0 Å². The lowest BCUT2D eigenvalue weighted by Gasteiger charge is -2.38. The lowest BCUT2D eigenvalue weighted by molar-refractivity contribution is -0.384. The van der Waals surface area contributed by atoms with Gasteiger partial charge in [0.05, 0.1) is 4.92 Å². The van der Waals surface area contributed by atoms with Gasteiger partial charge in [0, 0.05) is 42.5 Å². The van der Waals surface area contributed by atoms with E-state index in [4.69, 9.17) is 4.94 Å². The number of aromatic nitrogens is 2. The molecule has 0 amide bonds. The van der Waals surface area contributed by atoms with E-state index in [9.17, 15) is 10.1 Å². The van der Waals surface area contributed by atoms with E-state index in [0.29, 0.717) is 17.3 Å². The van der Waals surface area contributed by atoms with Crippen LogP contribution in [0.3, 0.4) is 0 Å². The monoisotopic (exact) mass is 337 g/mol. The molecule has 1 aromatic heterocycles. The Kier molecular flexibility index (Phi) is 3.54. The van der Waals surface area contributed by atoms with E-state index in [2.05, 4.69) is 20.1 Å². The van der Waals surface area contributed by atoms with Gasteiger partial charge >= 0.3 is 0 Å². The molecular formula is C15H11N7O3. The lowest BCUT2D eigenvalue weighted by Crippen LogP contribution is -2.52. The first-order valence-electron chi connectivity index (χ1n) is 7.28. The molecule has 0 unspecified atom stereocenters. The highest BCUT2D eigenvalue weighted by atomic mass is 16.8. The molecule has 0 aliphatic carbocycles. The topological polar surface area (TPSA) is 109 Å². The predicted molar refractivity (Wildman–Crippen MR) is 88.5 cm³/mol. The Morgan fingerprint density at radius 2 is 2.04 bits per heavy atom. The summed E-state index contributed by atoms with van der Waals surface area (Å²) in [4.78, 5) is 30.3. The fraction of sp³-hybridized carbons (Fsp3) is 0.0667. The highest BCUT2D eigenvalue weighted by molar-refractivity contribution is 6.00. The van der Waals surface area contributed by atoms with Crippen molar-refractivity contribution in [2.75, 3.05) is 5.06 Å². The van der Waals surface area contributed by atoms with Crippen LogP contribution in [0.15, 0.2) is 65.1 Å². The molecule has 0 spiro atoms. The van der Waals surface area contributed by atoms with Crippen LogP contribution in [0.5, 0.6) is 0 Å². The lowest BCUT2D eigenvalue weighted by atomic mass is 10.1. The molecule has 3 heterocycles. The van der Waals surface area contributed by atoms with Crippen molar-refractivity contribution >= 4 is 23.7 Å². The molecule has 10 nitrogen and oxygen atoms in total. The van der Waals surface area contributed by atoms with Crippen molar-refractivity contribution in [3.8, 4) is 0 Å². The number of aliphatic imine (C=N–C) groups is 1. The Morgan fingerprint density at radius 1 is 1.20 bits per heavy atom. The number of anilines is 1. The van der Waals surface area contributed by atoms with Crippen molar-refractivity contribution in [3.05, 3.63) is 70.7 Å². The second-order valence-electron chi connectivity index (χ2n) is 5.07. The molecule has 2 aliphatic heterocycles. The fourth-order valence-corrected chi connectivity index (χ4v) is 2.44. The third kappa shape index (κ3) is 2.65. The maximum Gasteiger partial charge on any atom is 0.270 e. The van der Waals surface area contributed by atoms with Crippen molar-refractivity contribution in [1.29, 1.82) is 0 Å². The maximum absolute atomic E-state index is 11.0. The first-order chi connectivity index (χ1) is 12.2. The van der Waals surface area contributed by atoms with E-state index in [1.165, 1.54) is 17.2 Å². The summed E-state index contributed by atoms with van der Waals surface area (Å²) in [6, 6.07) is 7.84. The normalized spacial score (nSPS) is 18.4. The van der Waals surface area contributed by atoms with Gasteiger partial charge in [-0.05, 0) is 17.3 Å². The molecule has 25 heavy (non-hydrogen) atoms. The Labute approximate surface area is 141 Å². The number of hydrogen-bond acceptors (Lipinski definition) is 9. The number of benzene rings is 1. The molecule has 0 saturated carbocycles. The molecule has 0 bridgehead atoms. The minimum Gasteiger partial charge on any atom is -0.287 e. The average molecular weight is 337 g/mol. The fourth-order valence-electron chi connectivity index (χ4n) is 2.44. The van der Waals surface area contributed by atoms with Gasteiger partial charge in [-0.1, -0.05) is 12.1 Å². The summed E-state index contributed by atoms with van der Waals surface area (Å²) in [5.41, 5.74) is 0.504. The van der Waals surface area contributed by atoms with Crippen molar-refractivity contribution in [2.45, 2.75) is 6.29 Å². The number of rotatable bonds is 3. The van der Waals surface area contributed by atoms with Crippen LogP contribution in [0.2, 0.25) is 0 Å². The third-order valence-corrected chi connectivity index (χ3v) is 3.53. The summed E-state index contributed by atoms with van der Waals surface area (Å²) in [6.07, 6.45) is 7.67. The molecule has 1 aromatic carbocycles. The molecule has 1 atom stereocenters. The van der Waals surface area contributed by atoms with Crippen LogP contribution >= 0.6 is 0 Å². The number of hydroxylamine groups is 1. The molecule has 0 N–H and O–H groups in total. The van der Waals surface area contributed by atoms with Crippen molar-refractivity contribution < 1.29 is 9.86 Å². The van der Waals surface area contributed by atoms with Gasteiger partial charge in [-0.25, -0.2) is 15.0 Å². The number of allylic oxidation sites excluding steroid dienone is 1. The SMILES string of the molecule is O=[N+]([O-])c1cccc(C2=NON(c3ncccn3)[C@H]3N=CC=CN23)c1. The quantitative estimate of drug-likeness (QED) is 0.619. The Balaban J connectivity index is 1.74. The van der Waals surface area contributed by atoms with Crippen LogP contribution in [0, 0.1) is 10.1 Å². The van der Waals surface area contributed by atoms with Gasteiger partial charge in [0.1, 0.15) is 0 Å². The number of nitro groups is 1. The molecule has 2 aliphatic rings. The Morgan fingerprint density at radius 3 is 2.84 bits per heavy atom. The van der Waals surface area contributed by atoms with Gasteiger partial charge in [0.25, 0.3) is 11.6 Å². The molecule has 10 heteroatoms. The van der Waals surface area contributed by atoms with Crippen molar-refractivity contribution in [2.24, 2.45) is 10.1 Å². The zero-order valence-corrected chi connectivity index (χ0v) is 12.7. The molecule has 124 valence electrons. The average Bonchev–Trinajstić information content (AvgIpc) is 2.68. The first kappa shape index (κ1) is 14.8. The highest BCUT2D eigenvalue weighted by Crippen LogP contribution is 2.26. The summed E-state index contributed by atoms with van der Waals surface area (Å²) in [5.74, 6) is 0.695. The van der Waals surface area contributed by atoms with Gasteiger partial charge in [0.2, 0.25) is 6.29 Å². The summed E-state index contributed by atoms with van der Waals surface area (Å²) in [6.45, 7) is 0. The summed E-state index contributed by atoms with van der Waals surface area (Å²) in [7, 11) is 0. The van der Waals surface area contributed by atoms with Crippen LogP contribution in [-0.2, 0) is 4.94 Å². The Bertz CT molecular complexity index is 897. The van der Waals surface area contributed by atoms with E-state index < -0.39 is 11.2 Å². The number of nitro benzene ring substituents is 1. The third-order valence-electron chi connectivity index (χ3n) is 3.53. The largest absolute Gasteiger partial charge is 0.287 e. The standard InChI is InChI=1S/C15H11N7O3/c23-22(24)12-5-1-4-11(10-12)13-19-25-21(14-16-6-2-7-17-14)15-18-8-3-9-20(13)15/h1-10,15H/t15-/m0/s1. The molecule has 2 aromatic rings. The number of non-ortho nitro benzene ring substituents is 1. The van der Waals surface area contributed by atoms with Crippen LogP contribution < -0.4 is 5.06 Å². The van der Waals surface area contributed by atoms with E-state index in [1.54, 1.807) is 54.0 Å². The van der Waals surface area contributed by atoms with E-state index in [-0.39, 0.29) is 5.69 Å². The predicted octanol–water partition coefficient (Wildman–Crippen LogP) is 1.68. The van der Waals surface area contributed by atoms with Gasteiger partial charge in [-0.15, -0.1) is 5.06 Å². The Hall–Kier alpha value is -3.82. The molecule has 0 saturated heterocycles. The second kappa shape index (κ2) is 6.00. The van der Waals surface area contributed by atoms with Gasteiger partial charge < -0.3 is 0 Å².